The van der Waals surface area contributed by atoms with Crippen LogP contribution in [-0.4, -0.2) is 65.3 Å². The maximum atomic E-state index is 13.1. The van der Waals surface area contributed by atoms with Gasteiger partial charge in [0, 0.05) is 5.75 Å². The van der Waals surface area contributed by atoms with Gasteiger partial charge in [-0.2, -0.15) is 12.6 Å². The van der Waals surface area contributed by atoms with Crippen molar-refractivity contribution in [1.29, 1.82) is 0 Å². The second-order valence-corrected chi connectivity index (χ2v) is 9.28. The molecule has 0 bridgehead atoms. The van der Waals surface area contributed by atoms with Crippen LogP contribution >= 0.6 is 12.6 Å². The quantitative estimate of drug-likeness (QED) is 0.123. The van der Waals surface area contributed by atoms with E-state index in [-0.39, 0.29) is 18.1 Å². The normalized spacial score (nSPS) is 14.5. The minimum atomic E-state index is -1.22. The Hall–Kier alpha value is -2.63. The number of thiol groups is 1. The van der Waals surface area contributed by atoms with Crippen molar-refractivity contribution < 1.29 is 24.3 Å². The van der Waals surface area contributed by atoms with E-state index in [0.717, 1.165) is 5.56 Å². The van der Waals surface area contributed by atoms with Gasteiger partial charge in [0.15, 0.2) is 0 Å². The van der Waals surface area contributed by atoms with Gasteiger partial charge in [0.1, 0.15) is 18.1 Å². The van der Waals surface area contributed by atoms with Gasteiger partial charge >= 0.3 is 5.97 Å². The van der Waals surface area contributed by atoms with E-state index in [2.05, 4.69) is 28.6 Å². The highest BCUT2D eigenvalue weighted by atomic mass is 32.1. The Labute approximate surface area is 212 Å². The Balaban J connectivity index is 2.92. The van der Waals surface area contributed by atoms with Gasteiger partial charge in [0.25, 0.3) is 0 Å². The van der Waals surface area contributed by atoms with Crippen LogP contribution in [0.1, 0.15) is 45.1 Å². The van der Waals surface area contributed by atoms with Crippen molar-refractivity contribution in [2.45, 2.75) is 70.1 Å². The molecule has 0 saturated heterocycles. The number of hydrogen-bond donors (Lipinski definition) is 7. The van der Waals surface area contributed by atoms with Gasteiger partial charge in [-0.05, 0) is 50.1 Å². The number of carboxylic acid groups (broad SMARTS) is 1. The molecule has 10 nitrogen and oxygen atoms in total. The number of aliphatic carboxylic acids is 1. The topological polar surface area (TPSA) is 177 Å². The van der Waals surface area contributed by atoms with Crippen molar-refractivity contribution >= 4 is 36.3 Å². The number of carbonyl (C=O) groups excluding carboxylic acids is 3. The molecule has 0 aromatic heterocycles. The summed E-state index contributed by atoms with van der Waals surface area (Å²) in [5.41, 5.74) is 12.5. The molecule has 4 atom stereocenters. The lowest BCUT2D eigenvalue weighted by molar-refractivity contribution is -0.141. The zero-order chi connectivity index (χ0) is 26.4. The van der Waals surface area contributed by atoms with E-state index >= 15 is 0 Å². The summed E-state index contributed by atoms with van der Waals surface area (Å²) >= 11 is 3.96. The number of unbranched alkanes of at least 4 members (excludes halogenated alkanes) is 1. The fourth-order valence-corrected chi connectivity index (χ4v) is 3.68. The van der Waals surface area contributed by atoms with Crippen molar-refractivity contribution in [3.63, 3.8) is 0 Å². The Morgan fingerprint density at radius 2 is 1.49 bits per heavy atom. The van der Waals surface area contributed by atoms with Crippen LogP contribution < -0.4 is 27.4 Å². The summed E-state index contributed by atoms with van der Waals surface area (Å²) in [4.78, 5) is 49.9. The third-order valence-electron chi connectivity index (χ3n) is 5.35. The van der Waals surface area contributed by atoms with Crippen LogP contribution in [0.4, 0.5) is 0 Å². The number of nitrogens with two attached hydrogens (primary N) is 2. The maximum absolute atomic E-state index is 13.1. The predicted octanol–water partition coefficient (Wildman–Crippen LogP) is 0.200. The van der Waals surface area contributed by atoms with Crippen LogP contribution in [0.5, 0.6) is 0 Å². The summed E-state index contributed by atoms with van der Waals surface area (Å²) in [6.07, 6.45) is 2.10. The molecule has 11 heteroatoms. The molecule has 1 rings (SSSR count). The molecule has 0 aliphatic heterocycles. The lowest BCUT2D eigenvalue weighted by Gasteiger charge is -2.26. The van der Waals surface area contributed by atoms with E-state index in [1.165, 1.54) is 0 Å². The number of rotatable bonds is 16. The summed E-state index contributed by atoms with van der Waals surface area (Å²) in [5.74, 6) is -2.90. The summed E-state index contributed by atoms with van der Waals surface area (Å²) in [6.45, 7) is 4.24. The van der Waals surface area contributed by atoms with Crippen LogP contribution in [0.3, 0.4) is 0 Å². The molecule has 8 N–H and O–H groups in total. The standard InChI is InChI=1S/C24H39N5O5S/c1-15(2)12-19(28-21(30)17(26)13-16-8-4-3-5-9-16)23(32)27-18(10-6-7-11-25)22(31)29-20(14-35)24(33)34/h3-5,8-9,15,17-20,35H,6-7,10-14,25-26H2,1-2H3,(H,27,32)(H,28,30)(H,29,31)(H,33,34). The van der Waals surface area contributed by atoms with Crippen LogP contribution in [-0.2, 0) is 25.6 Å². The van der Waals surface area contributed by atoms with E-state index in [1.807, 2.05) is 44.2 Å². The van der Waals surface area contributed by atoms with Gasteiger partial charge in [-0.3, -0.25) is 14.4 Å². The average molecular weight is 510 g/mol. The third-order valence-corrected chi connectivity index (χ3v) is 5.72. The van der Waals surface area contributed by atoms with Crippen LogP contribution in [0.25, 0.3) is 0 Å². The second-order valence-electron chi connectivity index (χ2n) is 8.91. The molecular formula is C24H39N5O5S. The van der Waals surface area contributed by atoms with Crippen molar-refractivity contribution in [1.82, 2.24) is 16.0 Å². The van der Waals surface area contributed by atoms with E-state index in [4.69, 9.17) is 11.5 Å². The molecule has 1 aromatic rings. The van der Waals surface area contributed by atoms with Gasteiger partial charge in [0.2, 0.25) is 17.7 Å². The van der Waals surface area contributed by atoms with E-state index in [9.17, 15) is 24.3 Å². The van der Waals surface area contributed by atoms with E-state index < -0.39 is 47.9 Å². The Kier molecular flexibility index (Phi) is 14.0. The van der Waals surface area contributed by atoms with Crippen LogP contribution in [0.2, 0.25) is 0 Å². The third kappa shape index (κ3) is 11.6. The molecule has 0 spiro atoms. The summed E-state index contributed by atoms with van der Waals surface area (Å²) in [7, 11) is 0. The molecule has 0 aliphatic carbocycles. The highest BCUT2D eigenvalue weighted by Gasteiger charge is 2.30. The zero-order valence-corrected chi connectivity index (χ0v) is 21.3. The molecule has 0 aliphatic rings. The Morgan fingerprint density at radius 3 is 2.03 bits per heavy atom. The summed E-state index contributed by atoms with van der Waals surface area (Å²) in [5, 5.41) is 17.0. The fraction of sp³-hybridized carbons (Fsp3) is 0.583. The first-order valence-electron chi connectivity index (χ1n) is 11.8. The number of benzene rings is 1. The number of hydrogen-bond acceptors (Lipinski definition) is 7. The number of nitrogens with one attached hydrogen (secondary N) is 3. The molecular weight excluding hydrogens is 470 g/mol. The van der Waals surface area contributed by atoms with Gasteiger partial charge in [0.05, 0.1) is 6.04 Å². The first-order valence-corrected chi connectivity index (χ1v) is 12.5. The van der Waals surface area contributed by atoms with Gasteiger partial charge < -0.3 is 32.5 Å². The minimum absolute atomic E-state index is 0.0708. The Bertz CT molecular complexity index is 824. The fourth-order valence-electron chi connectivity index (χ4n) is 3.43. The highest BCUT2D eigenvalue weighted by molar-refractivity contribution is 7.80. The average Bonchev–Trinajstić information content (AvgIpc) is 2.81. The van der Waals surface area contributed by atoms with Gasteiger partial charge in [-0.15, -0.1) is 0 Å². The molecule has 1 aromatic carbocycles. The summed E-state index contributed by atoms with van der Waals surface area (Å²) < 4.78 is 0. The molecule has 196 valence electrons. The predicted molar refractivity (Wildman–Crippen MR) is 138 cm³/mol. The molecule has 35 heavy (non-hydrogen) atoms. The second kappa shape index (κ2) is 16.1. The van der Waals surface area contributed by atoms with Crippen molar-refractivity contribution in [3.05, 3.63) is 35.9 Å². The summed E-state index contributed by atoms with van der Waals surface area (Å²) in [6, 6.07) is 5.37. The molecule has 0 fully saturated rings. The molecule has 3 amide bonds. The smallest absolute Gasteiger partial charge is 0.327 e. The molecule has 0 saturated carbocycles. The van der Waals surface area contributed by atoms with Crippen molar-refractivity contribution in [2.24, 2.45) is 17.4 Å². The number of amides is 3. The van der Waals surface area contributed by atoms with E-state index in [1.54, 1.807) is 0 Å². The molecule has 0 heterocycles. The minimum Gasteiger partial charge on any atom is -0.480 e. The maximum Gasteiger partial charge on any atom is 0.327 e. The first kappa shape index (κ1) is 30.4. The highest BCUT2D eigenvalue weighted by Crippen LogP contribution is 2.09. The SMILES string of the molecule is CC(C)CC(NC(=O)C(N)Cc1ccccc1)C(=O)NC(CCCCN)C(=O)NC(CS)C(=O)O. The molecule has 0 radical (unpaired) electrons. The number of carbonyl (C=O) groups is 4. The largest absolute Gasteiger partial charge is 0.480 e. The Morgan fingerprint density at radius 1 is 0.914 bits per heavy atom. The monoisotopic (exact) mass is 509 g/mol. The van der Waals surface area contributed by atoms with E-state index in [0.29, 0.717) is 32.2 Å². The van der Waals surface area contributed by atoms with Crippen LogP contribution in [0.15, 0.2) is 30.3 Å². The lowest BCUT2D eigenvalue weighted by atomic mass is 10.0. The first-order chi connectivity index (χ1) is 16.6. The van der Waals surface area contributed by atoms with Gasteiger partial charge in [-0.1, -0.05) is 44.2 Å². The van der Waals surface area contributed by atoms with Crippen molar-refractivity contribution in [2.75, 3.05) is 12.3 Å². The van der Waals surface area contributed by atoms with Crippen molar-refractivity contribution in [3.8, 4) is 0 Å². The van der Waals surface area contributed by atoms with Crippen LogP contribution in [0, 0.1) is 5.92 Å². The number of carboxylic acids is 1. The lowest BCUT2D eigenvalue weighted by Crippen LogP contribution is -2.57. The zero-order valence-electron chi connectivity index (χ0n) is 20.4. The molecule has 4 unspecified atom stereocenters. The van der Waals surface area contributed by atoms with Gasteiger partial charge in [-0.25, -0.2) is 4.79 Å².